The van der Waals surface area contributed by atoms with Gasteiger partial charge < -0.3 is 19.8 Å². The van der Waals surface area contributed by atoms with E-state index in [2.05, 4.69) is 10.3 Å². The largest absolute Gasteiger partial charge is 0.429 e. The fraction of sp³-hybridized carbons (Fsp3) is 0.429. The van der Waals surface area contributed by atoms with Crippen LogP contribution in [0.3, 0.4) is 0 Å². The molecular formula is C14H16N2O3S. The minimum atomic E-state index is -0.291. The smallest absolute Gasteiger partial charge is 0.266 e. The van der Waals surface area contributed by atoms with E-state index in [1.807, 2.05) is 0 Å². The molecule has 0 saturated heterocycles. The van der Waals surface area contributed by atoms with Crippen molar-refractivity contribution in [2.75, 3.05) is 6.54 Å². The Morgan fingerprint density at radius 3 is 3.10 bits per heavy atom. The minimum absolute atomic E-state index is 0.159. The van der Waals surface area contributed by atoms with Crippen LogP contribution in [0, 0.1) is 10.8 Å². The average Bonchev–Trinajstić information content (AvgIpc) is 2.99. The van der Waals surface area contributed by atoms with E-state index >= 15 is 0 Å². The summed E-state index contributed by atoms with van der Waals surface area (Å²) in [4.78, 5) is 15.3. The topological polar surface area (TPSA) is 78.3 Å². The number of H-pyrrole nitrogens is 1. The van der Waals surface area contributed by atoms with Gasteiger partial charge in [0.05, 0.1) is 11.6 Å². The number of fused-ring (bicyclic) bond motifs is 1. The maximum Gasteiger partial charge on any atom is 0.266 e. The molecule has 3 N–H and O–H groups in total. The second-order valence-corrected chi connectivity index (χ2v) is 5.56. The number of aromatic nitrogens is 1. The fourth-order valence-corrected chi connectivity index (χ4v) is 2.87. The molecule has 1 amide bonds. The number of carbonyl (C=O) groups is 1. The number of amides is 1. The number of nitrogens with one attached hydrogen (secondary N) is 2. The van der Waals surface area contributed by atoms with Crippen molar-refractivity contribution < 1.29 is 14.3 Å². The molecule has 1 aromatic carbocycles. The van der Waals surface area contributed by atoms with E-state index in [-0.39, 0.29) is 17.9 Å². The summed E-state index contributed by atoms with van der Waals surface area (Å²) >= 11 is 4.91. The quantitative estimate of drug-likeness (QED) is 0.759. The highest BCUT2D eigenvalue weighted by Crippen LogP contribution is 2.24. The Bertz CT molecular complexity index is 691. The van der Waals surface area contributed by atoms with Crippen LogP contribution in [0.2, 0.25) is 0 Å². The van der Waals surface area contributed by atoms with E-state index in [1.165, 1.54) is 0 Å². The van der Waals surface area contributed by atoms with Gasteiger partial charge in [-0.25, -0.2) is 0 Å². The van der Waals surface area contributed by atoms with Gasteiger partial charge in [-0.3, -0.25) is 4.79 Å². The Balaban J connectivity index is 1.70. The van der Waals surface area contributed by atoms with E-state index in [0.29, 0.717) is 22.5 Å². The molecule has 1 aliphatic carbocycles. The number of rotatable bonds is 3. The molecule has 1 aromatic heterocycles. The van der Waals surface area contributed by atoms with Crippen molar-refractivity contribution >= 4 is 29.2 Å². The predicted octanol–water partition coefficient (Wildman–Crippen LogP) is 2.38. The lowest BCUT2D eigenvalue weighted by molar-refractivity contribution is 0.0917. The van der Waals surface area contributed by atoms with Gasteiger partial charge in [0, 0.05) is 18.0 Å². The molecule has 3 rings (SSSR count). The Labute approximate surface area is 121 Å². The first-order valence-corrected chi connectivity index (χ1v) is 7.13. The van der Waals surface area contributed by atoms with Crippen molar-refractivity contribution in [3.63, 3.8) is 0 Å². The van der Waals surface area contributed by atoms with Crippen molar-refractivity contribution in [3.8, 4) is 0 Å². The standard InChI is InChI=1S/C14H16N2O3S/c17-11-3-1-2-9(11)7-15-13(18)8-4-5-10-12(6-8)19-14(20)16-10/h4-6,9,11,17H,1-3,7H2,(H,15,18)(H,16,20)/t9-,11+/m0/s1. The number of carbonyl (C=O) groups excluding carboxylic acids is 1. The molecule has 0 radical (unpaired) electrons. The van der Waals surface area contributed by atoms with Crippen LogP contribution in [-0.2, 0) is 0 Å². The van der Waals surface area contributed by atoms with Crippen LogP contribution in [-0.4, -0.2) is 28.6 Å². The van der Waals surface area contributed by atoms with Crippen LogP contribution in [0.25, 0.3) is 11.1 Å². The Hall–Kier alpha value is -1.66. The zero-order valence-electron chi connectivity index (χ0n) is 10.9. The fourth-order valence-electron chi connectivity index (χ4n) is 2.67. The number of hydrogen-bond acceptors (Lipinski definition) is 4. The van der Waals surface area contributed by atoms with Gasteiger partial charge >= 0.3 is 0 Å². The maximum absolute atomic E-state index is 12.1. The zero-order chi connectivity index (χ0) is 14.1. The third-order valence-corrected chi connectivity index (χ3v) is 4.01. The highest BCUT2D eigenvalue weighted by atomic mass is 32.1. The number of aliphatic hydroxyl groups is 1. The van der Waals surface area contributed by atoms with Crippen LogP contribution in [0.15, 0.2) is 22.6 Å². The van der Waals surface area contributed by atoms with Gasteiger partial charge in [0.1, 0.15) is 0 Å². The Kier molecular flexibility index (Phi) is 3.58. The average molecular weight is 292 g/mol. The van der Waals surface area contributed by atoms with Crippen molar-refractivity contribution in [3.05, 3.63) is 28.6 Å². The lowest BCUT2D eigenvalue weighted by Crippen LogP contribution is -2.32. The third kappa shape index (κ3) is 2.62. The van der Waals surface area contributed by atoms with E-state index in [1.54, 1.807) is 18.2 Å². The minimum Gasteiger partial charge on any atom is -0.429 e. The summed E-state index contributed by atoms with van der Waals surface area (Å²) in [5, 5.41) is 12.6. The lowest BCUT2D eigenvalue weighted by atomic mass is 10.1. The molecule has 1 fully saturated rings. The van der Waals surface area contributed by atoms with Crippen LogP contribution < -0.4 is 5.32 Å². The summed E-state index contributed by atoms with van der Waals surface area (Å²) in [6, 6.07) is 5.17. The summed E-state index contributed by atoms with van der Waals surface area (Å²) < 4.78 is 5.29. The van der Waals surface area contributed by atoms with Gasteiger partial charge in [0.2, 0.25) is 0 Å². The predicted molar refractivity (Wildman–Crippen MR) is 77.1 cm³/mol. The summed E-state index contributed by atoms with van der Waals surface area (Å²) in [5.74, 6) is 0.00666. The Morgan fingerprint density at radius 1 is 1.50 bits per heavy atom. The molecule has 1 heterocycles. The molecule has 6 heteroatoms. The first-order chi connectivity index (χ1) is 9.63. The molecule has 0 bridgehead atoms. The van der Waals surface area contributed by atoms with E-state index in [0.717, 1.165) is 24.8 Å². The third-order valence-electron chi connectivity index (χ3n) is 3.83. The molecule has 0 spiro atoms. The summed E-state index contributed by atoms with van der Waals surface area (Å²) in [7, 11) is 0. The molecule has 0 unspecified atom stereocenters. The highest BCUT2D eigenvalue weighted by molar-refractivity contribution is 7.71. The first-order valence-electron chi connectivity index (χ1n) is 6.72. The van der Waals surface area contributed by atoms with Crippen LogP contribution in [0.4, 0.5) is 0 Å². The lowest BCUT2D eigenvalue weighted by Gasteiger charge is -2.14. The van der Waals surface area contributed by atoms with Crippen molar-refractivity contribution in [1.82, 2.24) is 10.3 Å². The molecule has 2 atom stereocenters. The molecule has 1 aliphatic rings. The number of oxazole rings is 1. The molecule has 2 aromatic rings. The van der Waals surface area contributed by atoms with E-state index < -0.39 is 0 Å². The maximum atomic E-state index is 12.1. The van der Waals surface area contributed by atoms with Gasteiger partial charge in [-0.15, -0.1) is 0 Å². The second-order valence-electron chi connectivity index (χ2n) is 5.19. The van der Waals surface area contributed by atoms with Crippen molar-refractivity contribution in [1.29, 1.82) is 0 Å². The van der Waals surface area contributed by atoms with Gasteiger partial charge in [-0.05, 0) is 43.3 Å². The molecule has 20 heavy (non-hydrogen) atoms. The second kappa shape index (κ2) is 5.38. The highest BCUT2D eigenvalue weighted by Gasteiger charge is 2.25. The molecule has 106 valence electrons. The number of hydrogen-bond donors (Lipinski definition) is 3. The van der Waals surface area contributed by atoms with Crippen LogP contribution >= 0.6 is 12.2 Å². The summed E-state index contributed by atoms with van der Waals surface area (Å²) in [6.07, 6.45) is 2.53. The molecular weight excluding hydrogens is 276 g/mol. The number of aromatic amines is 1. The van der Waals surface area contributed by atoms with E-state index in [4.69, 9.17) is 16.6 Å². The first kappa shape index (κ1) is 13.3. The van der Waals surface area contributed by atoms with Gasteiger partial charge in [0.25, 0.3) is 10.7 Å². The SMILES string of the molecule is O=C(NC[C@@H]1CCC[C@H]1O)c1ccc2[nH]c(=S)oc2c1. The number of aliphatic hydroxyl groups excluding tert-OH is 1. The molecule has 0 aliphatic heterocycles. The zero-order valence-corrected chi connectivity index (χ0v) is 11.7. The normalized spacial score (nSPS) is 22.2. The van der Waals surface area contributed by atoms with Crippen molar-refractivity contribution in [2.24, 2.45) is 5.92 Å². The Morgan fingerprint density at radius 2 is 2.35 bits per heavy atom. The molecule has 5 nitrogen and oxygen atoms in total. The van der Waals surface area contributed by atoms with Crippen molar-refractivity contribution in [2.45, 2.75) is 25.4 Å². The van der Waals surface area contributed by atoms with Crippen LogP contribution in [0.5, 0.6) is 0 Å². The van der Waals surface area contributed by atoms with Crippen LogP contribution in [0.1, 0.15) is 29.6 Å². The summed E-state index contributed by atoms with van der Waals surface area (Å²) in [5.41, 5.74) is 1.88. The van der Waals surface area contributed by atoms with Gasteiger partial charge in [0.15, 0.2) is 5.58 Å². The number of benzene rings is 1. The molecule has 1 saturated carbocycles. The summed E-state index contributed by atoms with van der Waals surface area (Å²) in [6.45, 7) is 0.509. The van der Waals surface area contributed by atoms with E-state index in [9.17, 15) is 9.90 Å². The van der Waals surface area contributed by atoms with Gasteiger partial charge in [-0.1, -0.05) is 6.42 Å². The monoisotopic (exact) mass is 292 g/mol. The van der Waals surface area contributed by atoms with Gasteiger partial charge in [-0.2, -0.15) is 0 Å².